The van der Waals surface area contributed by atoms with Crippen LogP contribution in [0.15, 0.2) is 11.6 Å². The summed E-state index contributed by atoms with van der Waals surface area (Å²) in [6.07, 6.45) is 2.33. The minimum atomic E-state index is -0.688. The quantitative estimate of drug-likeness (QED) is 0.317. The first-order valence-electron chi connectivity index (χ1n) is 3.33. The summed E-state index contributed by atoms with van der Waals surface area (Å²) in [5, 5.41) is -0.688. The number of nitrogens with zero attached hydrogens (tertiary/aromatic N) is 1. The lowest BCUT2D eigenvalue weighted by Crippen LogP contribution is -2.27. The molecule has 0 bridgehead atoms. The fraction of sp³-hybridized carbons (Fsp3) is 0.429. The molecule has 4 heteroatoms. The summed E-state index contributed by atoms with van der Waals surface area (Å²) in [7, 11) is 0. The molecule has 0 saturated carbocycles. The van der Waals surface area contributed by atoms with Crippen molar-refractivity contribution < 1.29 is 9.59 Å². The molecule has 0 aromatic heterocycles. The van der Waals surface area contributed by atoms with E-state index in [1.807, 2.05) is 0 Å². The molecule has 0 radical (unpaired) electrons. The molecule has 1 aliphatic heterocycles. The maximum absolute atomic E-state index is 11.1. The molecule has 1 aliphatic rings. The van der Waals surface area contributed by atoms with E-state index in [9.17, 15) is 9.59 Å². The zero-order valence-corrected chi connectivity index (χ0v) is 6.89. The van der Waals surface area contributed by atoms with Gasteiger partial charge in [0.1, 0.15) is 0 Å². The highest BCUT2D eigenvalue weighted by Crippen LogP contribution is 2.17. The summed E-state index contributed by atoms with van der Waals surface area (Å²) in [5.41, 5.74) is 0.666. The lowest BCUT2D eigenvalue weighted by molar-refractivity contribution is -0.121. The van der Waals surface area contributed by atoms with E-state index in [-0.39, 0.29) is 5.91 Å². The highest BCUT2D eigenvalue weighted by molar-refractivity contribution is 6.64. The SMILES string of the molecule is CC=C1CCN(C(=O)Cl)C1=O. The molecular formula is C7H8ClNO2. The van der Waals surface area contributed by atoms with Crippen LogP contribution in [0.1, 0.15) is 13.3 Å². The van der Waals surface area contributed by atoms with E-state index in [2.05, 4.69) is 0 Å². The van der Waals surface area contributed by atoms with Crippen LogP contribution in [0.25, 0.3) is 0 Å². The Balaban J connectivity index is 2.79. The van der Waals surface area contributed by atoms with E-state index in [4.69, 9.17) is 11.6 Å². The first-order valence-corrected chi connectivity index (χ1v) is 3.71. The van der Waals surface area contributed by atoms with Gasteiger partial charge in [0, 0.05) is 12.1 Å². The standard InChI is InChI=1S/C7H8ClNO2/c1-2-5-3-4-9(6(5)10)7(8)11/h2H,3-4H2,1H3. The maximum Gasteiger partial charge on any atom is 0.323 e. The summed E-state index contributed by atoms with van der Waals surface area (Å²) in [4.78, 5) is 22.7. The molecule has 60 valence electrons. The third kappa shape index (κ3) is 1.43. The second-order valence-corrected chi connectivity index (χ2v) is 2.60. The van der Waals surface area contributed by atoms with E-state index in [1.165, 1.54) is 0 Å². The van der Waals surface area contributed by atoms with E-state index in [0.29, 0.717) is 18.5 Å². The normalized spacial score (nSPS) is 21.5. The Hall–Kier alpha value is -0.830. The molecule has 11 heavy (non-hydrogen) atoms. The van der Waals surface area contributed by atoms with Gasteiger partial charge in [-0.25, -0.2) is 0 Å². The minimum Gasteiger partial charge on any atom is -0.269 e. The first-order chi connectivity index (χ1) is 5.16. The van der Waals surface area contributed by atoms with Crippen LogP contribution in [0.5, 0.6) is 0 Å². The molecule has 1 rings (SSSR count). The van der Waals surface area contributed by atoms with Gasteiger partial charge in [-0.2, -0.15) is 0 Å². The molecule has 0 spiro atoms. The number of allylic oxidation sites excluding steroid dienone is 1. The number of carbonyl (C=O) groups is 2. The van der Waals surface area contributed by atoms with Crippen molar-refractivity contribution in [3.05, 3.63) is 11.6 Å². The topological polar surface area (TPSA) is 37.4 Å². The van der Waals surface area contributed by atoms with Crippen molar-refractivity contribution in [2.45, 2.75) is 13.3 Å². The smallest absolute Gasteiger partial charge is 0.269 e. The fourth-order valence-corrected chi connectivity index (χ4v) is 1.21. The minimum absolute atomic E-state index is 0.257. The summed E-state index contributed by atoms with van der Waals surface area (Å²) >= 11 is 5.14. The predicted molar refractivity (Wildman–Crippen MR) is 41.3 cm³/mol. The van der Waals surface area contributed by atoms with Crippen LogP contribution in [0, 0.1) is 0 Å². The van der Waals surface area contributed by atoms with E-state index >= 15 is 0 Å². The van der Waals surface area contributed by atoms with Crippen LogP contribution >= 0.6 is 11.6 Å². The van der Waals surface area contributed by atoms with Crippen molar-refractivity contribution in [3.8, 4) is 0 Å². The first kappa shape index (κ1) is 8.27. The van der Waals surface area contributed by atoms with Gasteiger partial charge in [-0.05, 0) is 24.9 Å². The van der Waals surface area contributed by atoms with Crippen LogP contribution in [-0.4, -0.2) is 22.7 Å². The monoisotopic (exact) mass is 173 g/mol. The molecule has 2 amide bonds. The Morgan fingerprint density at radius 2 is 2.36 bits per heavy atom. The van der Waals surface area contributed by atoms with Crippen molar-refractivity contribution >= 4 is 22.9 Å². The van der Waals surface area contributed by atoms with Gasteiger partial charge in [-0.3, -0.25) is 14.5 Å². The molecule has 0 N–H and O–H groups in total. The van der Waals surface area contributed by atoms with Gasteiger partial charge in [0.05, 0.1) is 0 Å². The zero-order valence-electron chi connectivity index (χ0n) is 6.13. The molecule has 0 aromatic carbocycles. The number of hydrogen-bond donors (Lipinski definition) is 0. The van der Waals surface area contributed by atoms with Crippen LogP contribution in [-0.2, 0) is 4.79 Å². The highest BCUT2D eigenvalue weighted by atomic mass is 35.5. The molecule has 0 aliphatic carbocycles. The second-order valence-electron chi connectivity index (χ2n) is 2.27. The summed E-state index contributed by atoms with van der Waals surface area (Å²) in [5.74, 6) is -0.257. The van der Waals surface area contributed by atoms with Crippen LogP contribution in [0.2, 0.25) is 0 Å². The van der Waals surface area contributed by atoms with Gasteiger partial charge >= 0.3 is 5.37 Å². The van der Waals surface area contributed by atoms with Crippen molar-refractivity contribution in [2.75, 3.05) is 6.54 Å². The highest BCUT2D eigenvalue weighted by Gasteiger charge is 2.28. The number of hydrogen-bond acceptors (Lipinski definition) is 2. The number of carbonyl (C=O) groups excluding carboxylic acids is 2. The van der Waals surface area contributed by atoms with E-state index in [1.54, 1.807) is 13.0 Å². The third-order valence-electron chi connectivity index (χ3n) is 1.69. The van der Waals surface area contributed by atoms with Gasteiger partial charge in [-0.15, -0.1) is 0 Å². The Bertz CT molecular complexity index is 235. The Morgan fingerprint density at radius 1 is 1.73 bits per heavy atom. The molecule has 0 aromatic rings. The maximum atomic E-state index is 11.1. The Kier molecular flexibility index (Phi) is 2.29. The molecular weight excluding hydrogens is 166 g/mol. The average molecular weight is 174 g/mol. The molecule has 1 saturated heterocycles. The lowest BCUT2D eigenvalue weighted by Gasteiger charge is -2.06. The van der Waals surface area contributed by atoms with Crippen molar-refractivity contribution in [3.63, 3.8) is 0 Å². The average Bonchev–Trinajstić information content (AvgIpc) is 2.30. The fourth-order valence-electron chi connectivity index (χ4n) is 1.05. The van der Waals surface area contributed by atoms with Crippen molar-refractivity contribution in [2.24, 2.45) is 0 Å². The molecule has 0 atom stereocenters. The molecule has 3 nitrogen and oxygen atoms in total. The zero-order chi connectivity index (χ0) is 8.43. The number of halogens is 1. The Morgan fingerprint density at radius 3 is 2.64 bits per heavy atom. The number of amides is 2. The summed E-state index contributed by atoms with van der Waals surface area (Å²) in [6.45, 7) is 2.19. The number of rotatable bonds is 0. The van der Waals surface area contributed by atoms with E-state index in [0.717, 1.165) is 4.90 Å². The summed E-state index contributed by atoms with van der Waals surface area (Å²) < 4.78 is 0. The Labute approximate surface area is 69.6 Å². The second kappa shape index (κ2) is 3.05. The van der Waals surface area contributed by atoms with Gasteiger partial charge < -0.3 is 0 Å². The van der Waals surface area contributed by atoms with Gasteiger partial charge in [0.2, 0.25) is 0 Å². The van der Waals surface area contributed by atoms with Gasteiger partial charge in [0.25, 0.3) is 5.91 Å². The third-order valence-corrected chi connectivity index (χ3v) is 1.89. The largest absolute Gasteiger partial charge is 0.323 e. The van der Waals surface area contributed by atoms with Crippen molar-refractivity contribution in [1.82, 2.24) is 4.90 Å². The number of imide groups is 1. The van der Waals surface area contributed by atoms with Crippen molar-refractivity contribution in [1.29, 1.82) is 0 Å². The molecule has 1 heterocycles. The summed E-state index contributed by atoms with van der Waals surface area (Å²) in [6, 6.07) is 0. The van der Waals surface area contributed by atoms with Crippen LogP contribution < -0.4 is 0 Å². The molecule has 1 fully saturated rings. The lowest BCUT2D eigenvalue weighted by atomic mass is 10.2. The van der Waals surface area contributed by atoms with Crippen LogP contribution in [0.3, 0.4) is 0 Å². The van der Waals surface area contributed by atoms with E-state index < -0.39 is 5.37 Å². The van der Waals surface area contributed by atoms with Gasteiger partial charge in [-0.1, -0.05) is 6.08 Å². The van der Waals surface area contributed by atoms with Gasteiger partial charge in [0.15, 0.2) is 0 Å². The molecule has 0 unspecified atom stereocenters. The predicted octanol–water partition coefficient (Wildman–Crippen LogP) is 1.52. The number of likely N-dealkylation sites (tertiary alicyclic amines) is 1. The van der Waals surface area contributed by atoms with Crippen LogP contribution in [0.4, 0.5) is 4.79 Å².